The second-order valence-corrected chi connectivity index (χ2v) is 6.80. The van der Waals surface area contributed by atoms with Crippen LogP contribution in [0.1, 0.15) is 33.8 Å². The minimum atomic E-state index is -0.344. The number of aryl methyl sites for hydroxylation is 3. The molecule has 2 heterocycles. The number of amides is 2. The Morgan fingerprint density at radius 2 is 2.04 bits per heavy atom. The molecular formula is C19H19N3O3S. The second kappa shape index (κ2) is 7.97. The highest BCUT2D eigenvalue weighted by Gasteiger charge is 2.12. The first-order valence-corrected chi connectivity index (χ1v) is 9.05. The van der Waals surface area contributed by atoms with E-state index in [1.807, 2.05) is 37.4 Å². The number of hydrogen-bond acceptors (Lipinski definition) is 5. The van der Waals surface area contributed by atoms with Gasteiger partial charge in [0, 0.05) is 17.5 Å². The van der Waals surface area contributed by atoms with Crippen LogP contribution in [0.4, 0.5) is 10.8 Å². The summed E-state index contributed by atoms with van der Waals surface area (Å²) < 4.78 is 5.04. The first-order valence-electron chi connectivity index (χ1n) is 8.17. The van der Waals surface area contributed by atoms with Crippen molar-refractivity contribution >= 4 is 34.0 Å². The molecule has 2 N–H and O–H groups in total. The molecule has 2 aromatic heterocycles. The Balaban J connectivity index is 1.51. The minimum absolute atomic E-state index is 0.0638. The molecule has 0 radical (unpaired) electrons. The van der Waals surface area contributed by atoms with Gasteiger partial charge in [-0.05, 0) is 44.0 Å². The lowest BCUT2D eigenvalue weighted by Gasteiger charge is -2.08. The van der Waals surface area contributed by atoms with Gasteiger partial charge in [-0.3, -0.25) is 14.9 Å². The predicted octanol–water partition coefficient (Wildman–Crippen LogP) is 4.18. The maximum atomic E-state index is 12.1. The highest BCUT2D eigenvalue weighted by Crippen LogP contribution is 2.19. The largest absolute Gasteiger partial charge is 0.459 e. The third-order valence-corrected chi connectivity index (χ3v) is 4.59. The summed E-state index contributed by atoms with van der Waals surface area (Å²) in [5.74, 6) is -0.177. The van der Waals surface area contributed by atoms with Gasteiger partial charge in [0.15, 0.2) is 10.9 Å². The smallest absolute Gasteiger partial charge is 0.293 e. The molecule has 0 saturated heterocycles. The number of carbonyl (C=O) groups is 2. The number of carbonyl (C=O) groups excluding carboxylic acids is 2. The average molecular weight is 369 g/mol. The zero-order chi connectivity index (χ0) is 18.5. The predicted molar refractivity (Wildman–Crippen MR) is 102 cm³/mol. The third kappa shape index (κ3) is 4.58. The van der Waals surface area contributed by atoms with Crippen molar-refractivity contribution in [3.05, 3.63) is 64.6 Å². The molecule has 2 amide bonds. The monoisotopic (exact) mass is 369 g/mol. The molecule has 0 spiro atoms. The molecule has 26 heavy (non-hydrogen) atoms. The maximum Gasteiger partial charge on any atom is 0.293 e. The number of anilines is 2. The molecule has 3 aromatic rings. The molecule has 3 rings (SSSR count). The van der Waals surface area contributed by atoms with Gasteiger partial charge in [-0.2, -0.15) is 0 Å². The van der Waals surface area contributed by atoms with Gasteiger partial charge < -0.3 is 9.73 Å². The first kappa shape index (κ1) is 17.9. The van der Waals surface area contributed by atoms with E-state index in [1.165, 1.54) is 17.6 Å². The lowest BCUT2D eigenvalue weighted by Crippen LogP contribution is -2.13. The Bertz CT molecular complexity index is 916. The molecule has 0 unspecified atom stereocenters. The van der Waals surface area contributed by atoms with Gasteiger partial charge in [0.1, 0.15) is 0 Å². The Kier molecular flexibility index (Phi) is 5.48. The molecule has 7 heteroatoms. The number of rotatable bonds is 6. The number of hydrogen-bond donors (Lipinski definition) is 2. The van der Waals surface area contributed by atoms with Crippen molar-refractivity contribution in [2.75, 3.05) is 10.6 Å². The average Bonchev–Trinajstić information content (AvgIpc) is 3.27. The molecule has 0 aliphatic carbocycles. The summed E-state index contributed by atoms with van der Waals surface area (Å²) in [6.07, 6.45) is 2.27. The van der Waals surface area contributed by atoms with E-state index in [-0.39, 0.29) is 17.6 Å². The highest BCUT2D eigenvalue weighted by molar-refractivity contribution is 7.13. The van der Waals surface area contributed by atoms with Gasteiger partial charge >= 0.3 is 0 Å². The zero-order valence-electron chi connectivity index (χ0n) is 14.5. The van der Waals surface area contributed by atoms with E-state index < -0.39 is 0 Å². The number of furan rings is 1. The molecule has 0 bridgehead atoms. The van der Waals surface area contributed by atoms with Crippen LogP contribution in [-0.4, -0.2) is 16.8 Å². The van der Waals surface area contributed by atoms with Crippen LogP contribution in [0.3, 0.4) is 0 Å². The number of benzene rings is 1. The number of aromatic nitrogens is 1. The second-order valence-electron chi connectivity index (χ2n) is 5.94. The van der Waals surface area contributed by atoms with Crippen molar-refractivity contribution in [2.24, 2.45) is 0 Å². The van der Waals surface area contributed by atoms with E-state index in [9.17, 15) is 9.59 Å². The summed E-state index contributed by atoms with van der Waals surface area (Å²) in [7, 11) is 0. The summed E-state index contributed by atoms with van der Waals surface area (Å²) in [5, 5.41) is 7.92. The number of nitrogens with one attached hydrogen (secondary N) is 2. The minimum Gasteiger partial charge on any atom is -0.459 e. The Morgan fingerprint density at radius 1 is 1.19 bits per heavy atom. The fourth-order valence-electron chi connectivity index (χ4n) is 2.45. The molecule has 0 aliphatic rings. The van der Waals surface area contributed by atoms with Crippen LogP contribution < -0.4 is 10.6 Å². The van der Waals surface area contributed by atoms with Gasteiger partial charge in [-0.1, -0.05) is 17.7 Å². The van der Waals surface area contributed by atoms with Gasteiger partial charge in [0.2, 0.25) is 5.91 Å². The topological polar surface area (TPSA) is 84.2 Å². The summed E-state index contributed by atoms with van der Waals surface area (Å²) in [6.45, 7) is 3.99. The van der Waals surface area contributed by atoms with Crippen molar-refractivity contribution < 1.29 is 14.0 Å². The molecule has 0 saturated carbocycles. The van der Waals surface area contributed by atoms with Crippen LogP contribution in [0.15, 0.2) is 46.4 Å². The zero-order valence-corrected chi connectivity index (χ0v) is 15.4. The number of nitrogens with zero attached hydrogens (tertiary/aromatic N) is 1. The van der Waals surface area contributed by atoms with Gasteiger partial charge in [0.25, 0.3) is 5.91 Å². The standard InChI is InChI=1S/C19H19N3O3S/c1-12-5-7-15(13(2)10-12)21-17(23)8-6-14-11-26-19(20-14)22-18(24)16-4-3-9-25-16/h3-5,7,9-11H,6,8H2,1-2H3,(H,21,23)(H,20,22,24). The van der Waals surface area contributed by atoms with E-state index >= 15 is 0 Å². The van der Waals surface area contributed by atoms with E-state index in [4.69, 9.17) is 4.42 Å². The van der Waals surface area contributed by atoms with Crippen LogP contribution in [0.25, 0.3) is 0 Å². The Labute approximate surface area is 155 Å². The summed E-state index contributed by atoms with van der Waals surface area (Å²) in [4.78, 5) is 28.4. The molecule has 0 aliphatic heterocycles. The molecule has 0 atom stereocenters. The molecule has 6 nitrogen and oxygen atoms in total. The molecular weight excluding hydrogens is 350 g/mol. The molecule has 0 fully saturated rings. The van der Waals surface area contributed by atoms with Crippen molar-refractivity contribution in [1.29, 1.82) is 0 Å². The van der Waals surface area contributed by atoms with Crippen LogP contribution in [-0.2, 0) is 11.2 Å². The lowest BCUT2D eigenvalue weighted by atomic mass is 10.1. The highest BCUT2D eigenvalue weighted by atomic mass is 32.1. The SMILES string of the molecule is Cc1ccc(NC(=O)CCc2csc(NC(=O)c3ccco3)n2)c(C)c1. The van der Waals surface area contributed by atoms with E-state index in [0.717, 1.165) is 22.5 Å². The van der Waals surface area contributed by atoms with Crippen LogP contribution >= 0.6 is 11.3 Å². The van der Waals surface area contributed by atoms with Crippen molar-refractivity contribution in [3.63, 3.8) is 0 Å². The van der Waals surface area contributed by atoms with Gasteiger partial charge in [-0.25, -0.2) is 4.98 Å². The Hall–Kier alpha value is -2.93. The van der Waals surface area contributed by atoms with E-state index in [2.05, 4.69) is 15.6 Å². The van der Waals surface area contributed by atoms with E-state index in [1.54, 1.807) is 12.1 Å². The van der Waals surface area contributed by atoms with Crippen molar-refractivity contribution in [2.45, 2.75) is 26.7 Å². The maximum absolute atomic E-state index is 12.1. The molecule has 1 aromatic carbocycles. The quantitative estimate of drug-likeness (QED) is 0.683. The van der Waals surface area contributed by atoms with Crippen LogP contribution in [0.5, 0.6) is 0 Å². The summed E-state index contributed by atoms with van der Waals surface area (Å²) in [6, 6.07) is 9.15. The van der Waals surface area contributed by atoms with E-state index in [0.29, 0.717) is 18.0 Å². The van der Waals surface area contributed by atoms with Crippen LogP contribution in [0, 0.1) is 13.8 Å². The summed E-state index contributed by atoms with van der Waals surface area (Å²) in [5.41, 5.74) is 3.79. The fourth-order valence-corrected chi connectivity index (χ4v) is 3.19. The van der Waals surface area contributed by atoms with Crippen molar-refractivity contribution in [1.82, 2.24) is 4.98 Å². The molecule has 134 valence electrons. The third-order valence-electron chi connectivity index (χ3n) is 3.78. The van der Waals surface area contributed by atoms with Crippen LogP contribution in [0.2, 0.25) is 0 Å². The summed E-state index contributed by atoms with van der Waals surface area (Å²) >= 11 is 1.32. The first-order chi connectivity index (χ1) is 12.5. The lowest BCUT2D eigenvalue weighted by molar-refractivity contribution is -0.116. The Morgan fingerprint density at radius 3 is 2.77 bits per heavy atom. The van der Waals surface area contributed by atoms with Gasteiger partial charge in [-0.15, -0.1) is 11.3 Å². The van der Waals surface area contributed by atoms with Crippen molar-refractivity contribution in [3.8, 4) is 0 Å². The van der Waals surface area contributed by atoms with Gasteiger partial charge in [0.05, 0.1) is 12.0 Å². The fraction of sp³-hybridized carbons (Fsp3) is 0.211. The normalized spacial score (nSPS) is 10.5. The number of thiazole rings is 1.